The van der Waals surface area contributed by atoms with Crippen LogP contribution in [0, 0.1) is 5.92 Å². The van der Waals surface area contributed by atoms with Gasteiger partial charge < -0.3 is 20.7 Å². The lowest BCUT2D eigenvalue weighted by atomic mass is 9.98. The molecule has 1 saturated heterocycles. The van der Waals surface area contributed by atoms with E-state index in [-0.39, 0.29) is 5.91 Å². The second-order valence-electron chi connectivity index (χ2n) is 5.90. The van der Waals surface area contributed by atoms with Gasteiger partial charge in [0.25, 0.3) is 0 Å². The Morgan fingerprint density at radius 2 is 2.32 bits per heavy atom. The maximum absolute atomic E-state index is 11.7. The highest BCUT2D eigenvalue weighted by Gasteiger charge is 2.32. The van der Waals surface area contributed by atoms with Gasteiger partial charge in [-0.3, -0.25) is 4.79 Å². The molecule has 0 aromatic heterocycles. The molecule has 1 aliphatic heterocycles. The molecule has 19 heavy (non-hydrogen) atoms. The Hall–Kier alpha value is -0.650. The average molecular weight is 271 g/mol. The molecule has 1 heterocycles. The second kappa shape index (κ2) is 7.82. The van der Waals surface area contributed by atoms with Gasteiger partial charge in [-0.25, -0.2) is 0 Å². The van der Waals surface area contributed by atoms with Crippen LogP contribution in [0.1, 0.15) is 33.1 Å². The van der Waals surface area contributed by atoms with Crippen molar-refractivity contribution in [1.29, 1.82) is 0 Å². The number of rotatable bonds is 8. The molecule has 0 bridgehead atoms. The lowest BCUT2D eigenvalue weighted by Crippen LogP contribution is -2.59. The van der Waals surface area contributed by atoms with E-state index in [1.165, 1.54) is 6.42 Å². The number of nitrogens with two attached hydrogens (primary N) is 1. The van der Waals surface area contributed by atoms with Crippen molar-refractivity contribution < 1.29 is 9.53 Å². The fourth-order valence-corrected chi connectivity index (χ4v) is 2.62. The molecular weight excluding hydrogens is 242 g/mol. The fraction of sp³-hybridized carbons (Fsp3) is 0.929. The highest BCUT2D eigenvalue weighted by Crippen LogP contribution is 2.15. The number of nitrogens with zero attached hydrogens (tertiary/aromatic N) is 1. The molecule has 1 amide bonds. The van der Waals surface area contributed by atoms with Crippen LogP contribution in [0.4, 0.5) is 0 Å². The summed E-state index contributed by atoms with van der Waals surface area (Å²) in [5.41, 5.74) is 4.89. The zero-order chi connectivity index (χ0) is 14.3. The molecule has 1 aliphatic rings. The minimum absolute atomic E-state index is 0.285. The number of primary amides is 1. The van der Waals surface area contributed by atoms with Gasteiger partial charge in [0.2, 0.25) is 5.91 Å². The molecule has 2 unspecified atom stereocenters. The van der Waals surface area contributed by atoms with Gasteiger partial charge in [0.05, 0.1) is 6.61 Å². The van der Waals surface area contributed by atoms with E-state index >= 15 is 0 Å². The molecule has 5 nitrogen and oxygen atoms in total. The SMILES string of the molecule is CCCNC(C)(CN(C)CC1CCCOC1)C(N)=O. The van der Waals surface area contributed by atoms with E-state index in [0.29, 0.717) is 12.5 Å². The topological polar surface area (TPSA) is 67.6 Å². The summed E-state index contributed by atoms with van der Waals surface area (Å²) in [4.78, 5) is 13.9. The summed E-state index contributed by atoms with van der Waals surface area (Å²) in [6, 6.07) is 0. The third kappa shape index (κ3) is 5.47. The van der Waals surface area contributed by atoms with Crippen LogP contribution < -0.4 is 11.1 Å². The smallest absolute Gasteiger partial charge is 0.238 e. The standard InChI is InChI=1S/C14H29N3O2/c1-4-7-16-14(2,13(15)18)11-17(3)9-12-6-5-8-19-10-12/h12,16H,4-11H2,1-3H3,(H2,15,18). The van der Waals surface area contributed by atoms with Gasteiger partial charge in [-0.05, 0) is 45.7 Å². The zero-order valence-corrected chi connectivity index (χ0v) is 12.6. The van der Waals surface area contributed by atoms with Crippen LogP contribution in [0.3, 0.4) is 0 Å². The Bertz CT molecular complexity index is 280. The predicted octanol–water partition coefficient (Wildman–Crippen LogP) is 0.588. The van der Waals surface area contributed by atoms with Gasteiger partial charge in [0, 0.05) is 19.7 Å². The third-order valence-corrected chi connectivity index (χ3v) is 3.72. The highest BCUT2D eigenvalue weighted by atomic mass is 16.5. The number of hydrogen-bond donors (Lipinski definition) is 2. The molecule has 112 valence electrons. The number of ether oxygens (including phenoxy) is 1. The zero-order valence-electron chi connectivity index (χ0n) is 12.6. The predicted molar refractivity (Wildman–Crippen MR) is 76.9 cm³/mol. The van der Waals surface area contributed by atoms with E-state index in [4.69, 9.17) is 10.5 Å². The van der Waals surface area contributed by atoms with Crippen LogP contribution in [-0.2, 0) is 9.53 Å². The summed E-state index contributed by atoms with van der Waals surface area (Å²) in [6.07, 6.45) is 3.34. The number of carbonyl (C=O) groups is 1. The average Bonchev–Trinajstić information content (AvgIpc) is 2.37. The number of amides is 1. The molecule has 0 aromatic carbocycles. The van der Waals surface area contributed by atoms with Crippen molar-refractivity contribution in [3.8, 4) is 0 Å². The molecule has 0 aliphatic carbocycles. The first-order valence-corrected chi connectivity index (χ1v) is 7.29. The molecule has 0 aromatic rings. The Labute approximate surface area is 116 Å². The van der Waals surface area contributed by atoms with Crippen LogP contribution in [0.2, 0.25) is 0 Å². The molecule has 3 N–H and O–H groups in total. The van der Waals surface area contributed by atoms with Gasteiger partial charge in [-0.15, -0.1) is 0 Å². The number of likely N-dealkylation sites (N-methyl/N-ethyl adjacent to an activating group) is 1. The first-order valence-electron chi connectivity index (χ1n) is 7.29. The lowest BCUT2D eigenvalue weighted by molar-refractivity contribution is -0.124. The number of carbonyl (C=O) groups excluding carboxylic acids is 1. The third-order valence-electron chi connectivity index (χ3n) is 3.72. The molecule has 1 rings (SSSR count). The molecule has 1 fully saturated rings. The molecule has 2 atom stereocenters. The molecular formula is C14H29N3O2. The Kier molecular flexibility index (Phi) is 6.75. The lowest BCUT2D eigenvalue weighted by Gasteiger charge is -2.34. The van der Waals surface area contributed by atoms with Gasteiger partial charge in [0.1, 0.15) is 5.54 Å². The van der Waals surface area contributed by atoms with Crippen molar-refractivity contribution >= 4 is 5.91 Å². The van der Waals surface area contributed by atoms with Gasteiger partial charge in [-0.1, -0.05) is 6.92 Å². The van der Waals surface area contributed by atoms with Crippen molar-refractivity contribution in [3.63, 3.8) is 0 Å². The summed E-state index contributed by atoms with van der Waals surface area (Å²) in [7, 11) is 2.05. The van der Waals surface area contributed by atoms with Gasteiger partial charge >= 0.3 is 0 Å². The maximum Gasteiger partial charge on any atom is 0.238 e. The van der Waals surface area contributed by atoms with Gasteiger partial charge in [-0.2, -0.15) is 0 Å². The normalized spacial score (nSPS) is 23.3. The van der Waals surface area contributed by atoms with E-state index in [1.54, 1.807) is 0 Å². The molecule has 0 radical (unpaired) electrons. The highest BCUT2D eigenvalue weighted by molar-refractivity contribution is 5.84. The van der Waals surface area contributed by atoms with Crippen LogP contribution in [0.15, 0.2) is 0 Å². The van der Waals surface area contributed by atoms with Crippen molar-refractivity contribution in [2.45, 2.75) is 38.6 Å². The summed E-state index contributed by atoms with van der Waals surface area (Å²) in [6.45, 7) is 8.09. The van der Waals surface area contributed by atoms with Crippen molar-refractivity contribution in [1.82, 2.24) is 10.2 Å². The van der Waals surface area contributed by atoms with Crippen molar-refractivity contribution in [2.75, 3.05) is 39.9 Å². The van der Waals surface area contributed by atoms with Crippen LogP contribution in [0.5, 0.6) is 0 Å². The summed E-state index contributed by atoms with van der Waals surface area (Å²) in [5, 5.41) is 3.27. The Morgan fingerprint density at radius 3 is 2.84 bits per heavy atom. The van der Waals surface area contributed by atoms with Crippen molar-refractivity contribution in [2.24, 2.45) is 11.7 Å². The fourth-order valence-electron chi connectivity index (χ4n) is 2.62. The monoisotopic (exact) mass is 271 g/mol. The number of nitrogens with one attached hydrogen (secondary N) is 1. The maximum atomic E-state index is 11.7. The minimum Gasteiger partial charge on any atom is -0.381 e. The second-order valence-corrected chi connectivity index (χ2v) is 5.90. The molecule has 5 heteroatoms. The van der Waals surface area contributed by atoms with E-state index in [9.17, 15) is 4.79 Å². The van der Waals surface area contributed by atoms with E-state index < -0.39 is 5.54 Å². The molecule has 0 spiro atoms. The summed E-state index contributed by atoms with van der Waals surface area (Å²) >= 11 is 0. The first-order chi connectivity index (χ1) is 8.98. The first kappa shape index (κ1) is 16.4. The van der Waals surface area contributed by atoms with Gasteiger partial charge in [0.15, 0.2) is 0 Å². The van der Waals surface area contributed by atoms with Crippen LogP contribution >= 0.6 is 0 Å². The number of hydrogen-bond acceptors (Lipinski definition) is 4. The largest absolute Gasteiger partial charge is 0.381 e. The Morgan fingerprint density at radius 1 is 1.58 bits per heavy atom. The molecule has 0 saturated carbocycles. The van der Waals surface area contributed by atoms with Crippen LogP contribution in [-0.4, -0.2) is 56.2 Å². The Balaban J connectivity index is 2.45. The van der Waals surface area contributed by atoms with Crippen molar-refractivity contribution in [3.05, 3.63) is 0 Å². The van der Waals surface area contributed by atoms with E-state index in [1.807, 2.05) is 14.0 Å². The summed E-state index contributed by atoms with van der Waals surface area (Å²) in [5.74, 6) is 0.287. The van der Waals surface area contributed by atoms with Crippen LogP contribution in [0.25, 0.3) is 0 Å². The van der Waals surface area contributed by atoms with E-state index in [2.05, 4.69) is 17.1 Å². The van der Waals surface area contributed by atoms with E-state index in [0.717, 1.165) is 39.1 Å². The summed E-state index contributed by atoms with van der Waals surface area (Å²) < 4.78 is 5.49. The minimum atomic E-state index is -0.652. The quantitative estimate of drug-likeness (QED) is 0.678.